The molecule has 0 spiro atoms. The van der Waals surface area contributed by atoms with Gasteiger partial charge in [0, 0.05) is 0 Å². The average molecular weight is 150 g/mol. The van der Waals surface area contributed by atoms with Crippen molar-refractivity contribution in [3.05, 3.63) is 5.62 Å². The van der Waals surface area contributed by atoms with Crippen LogP contribution in [0.2, 0.25) is 0 Å². The minimum Gasteiger partial charge on any atom is -0.113 e. The molecule has 0 rings (SSSR count). The van der Waals surface area contributed by atoms with E-state index in [0.29, 0.717) is 0 Å². The fourth-order valence-corrected chi connectivity index (χ4v) is 0. The Hall–Kier alpha value is 1.30. The standard InChI is InChI=1S/CHCl3P/c2-1-5(3)4/h1H. The van der Waals surface area contributed by atoms with Crippen molar-refractivity contribution < 1.29 is 0 Å². The molecule has 0 aliphatic rings. The minimum atomic E-state index is -1.01. The topological polar surface area (TPSA) is 0 Å². The van der Waals surface area contributed by atoms with Crippen molar-refractivity contribution in [2.45, 2.75) is 0 Å². The van der Waals surface area contributed by atoms with Gasteiger partial charge in [-0.1, -0.05) is 22.5 Å². The zero-order valence-corrected chi connectivity index (χ0v) is 5.32. The van der Waals surface area contributed by atoms with Crippen LogP contribution < -0.4 is 0 Å². The predicted molar refractivity (Wildman–Crippen MR) is 28.8 cm³/mol. The molecule has 0 unspecified atom stereocenters. The second kappa shape index (κ2) is 3.49. The van der Waals surface area contributed by atoms with Gasteiger partial charge >= 0.3 is 0 Å². The number of hydrogen-bond donors (Lipinski definition) is 0. The summed E-state index contributed by atoms with van der Waals surface area (Å²) in [5.74, 6) is 0. The van der Waals surface area contributed by atoms with Crippen molar-refractivity contribution >= 4 is 40.7 Å². The second-order valence-corrected chi connectivity index (χ2v) is 4.36. The van der Waals surface area contributed by atoms with E-state index in [0.717, 1.165) is 0 Å². The van der Waals surface area contributed by atoms with Crippen LogP contribution in [0.15, 0.2) is 0 Å². The van der Waals surface area contributed by atoms with E-state index in [9.17, 15) is 0 Å². The van der Waals surface area contributed by atoms with Crippen LogP contribution in [0.5, 0.6) is 0 Å². The van der Waals surface area contributed by atoms with E-state index >= 15 is 0 Å². The molecule has 0 aliphatic carbocycles. The number of rotatable bonds is 1. The Bertz CT molecular complexity index is 20.9. The fraction of sp³-hybridized carbons (Fsp3) is 0. The molecule has 31 valence electrons. The molecule has 0 amide bonds. The van der Waals surface area contributed by atoms with Gasteiger partial charge < -0.3 is 0 Å². The molecule has 0 aromatic heterocycles. The Morgan fingerprint density at radius 2 is 1.60 bits per heavy atom. The molecule has 0 heterocycles. The molecule has 0 saturated carbocycles. The van der Waals surface area contributed by atoms with Gasteiger partial charge in [0.25, 0.3) is 0 Å². The molecule has 0 saturated heterocycles. The van der Waals surface area contributed by atoms with Gasteiger partial charge in [-0.05, 0) is 0 Å². The molecule has 1 radical (unpaired) electrons. The molecular weight excluding hydrogens is 149 g/mol. The summed E-state index contributed by atoms with van der Waals surface area (Å²) in [4.78, 5) is 0. The van der Waals surface area contributed by atoms with Crippen molar-refractivity contribution in [2.75, 3.05) is 0 Å². The van der Waals surface area contributed by atoms with E-state index in [1.165, 1.54) is 5.62 Å². The summed E-state index contributed by atoms with van der Waals surface area (Å²) in [6, 6.07) is 0. The maximum atomic E-state index is 5.10. The largest absolute Gasteiger partial charge is 0.113 e. The van der Waals surface area contributed by atoms with Crippen molar-refractivity contribution in [3.63, 3.8) is 0 Å². The highest BCUT2D eigenvalue weighted by atomic mass is 35.9. The third-order valence-electron chi connectivity index (χ3n) is 0.0738. The Labute approximate surface area is 46.7 Å². The highest BCUT2D eigenvalue weighted by Crippen LogP contribution is 2.50. The molecule has 0 atom stereocenters. The lowest BCUT2D eigenvalue weighted by Crippen LogP contribution is -1.29. The van der Waals surface area contributed by atoms with Gasteiger partial charge in [0.2, 0.25) is 0 Å². The first kappa shape index (κ1) is 6.30. The molecule has 0 bridgehead atoms. The Balaban J connectivity index is 2.54. The average Bonchev–Trinajstić information content (AvgIpc) is 1.38. The van der Waals surface area contributed by atoms with Gasteiger partial charge in [0.05, 0.1) is 0 Å². The number of halogens is 3. The van der Waals surface area contributed by atoms with Crippen LogP contribution in [-0.4, -0.2) is 0 Å². The fourth-order valence-electron chi connectivity index (χ4n) is 0. The summed E-state index contributed by atoms with van der Waals surface area (Å²) in [7, 11) is 0. The lowest BCUT2D eigenvalue weighted by Gasteiger charge is -1.81. The van der Waals surface area contributed by atoms with Crippen molar-refractivity contribution in [1.29, 1.82) is 0 Å². The normalized spacial score (nSPS) is 9.60. The van der Waals surface area contributed by atoms with Gasteiger partial charge in [-0.25, -0.2) is 0 Å². The van der Waals surface area contributed by atoms with Crippen LogP contribution >= 0.6 is 40.7 Å². The molecular formula is CHCl3P. The maximum absolute atomic E-state index is 5.10. The van der Waals surface area contributed by atoms with Gasteiger partial charge in [-0.15, -0.1) is 11.6 Å². The van der Waals surface area contributed by atoms with Crippen molar-refractivity contribution in [3.8, 4) is 0 Å². The van der Waals surface area contributed by atoms with Crippen LogP contribution in [0, 0.1) is 5.62 Å². The predicted octanol–water partition coefficient (Wildman–Crippen LogP) is 3.13. The van der Waals surface area contributed by atoms with Gasteiger partial charge in [0.1, 0.15) is 12.2 Å². The van der Waals surface area contributed by atoms with Gasteiger partial charge in [0.15, 0.2) is 0 Å². The van der Waals surface area contributed by atoms with Gasteiger partial charge in [-0.3, -0.25) is 0 Å². The van der Waals surface area contributed by atoms with E-state index < -0.39 is 6.63 Å². The van der Waals surface area contributed by atoms with Crippen LogP contribution in [0.25, 0.3) is 0 Å². The zero-order valence-electron chi connectivity index (χ0n) is 2.16. The molecule has 0 aromatic carbocycles. The summed E-state index contributed by atoms with van der Waals surface area (Å²) in [5.41, 5.74) is 1.23. The highest BCUT2D eigenvalue weighted by Gasteiger charge is 1.90. The molecule has 0 fully saturated rings. The summed E-state index contributed by atoms with van der Waals surface area (Å²) in [5, 5.41) is 0. The molecule has 4 heteroatoms. The molecule has 0 nitrogen and oxygen atoms in total. The third-order valence-corrected chi connectivity index (χ3v) is 1.99. The van der Waals surface area contributed by atoms with E-state index in [2.05, 4.69) is 0 Å². The first-order valence-corrected chi connectivity index (χ1v) is 4.47. The monoisotopic (exact) mass is 149 g/mol. The van der Waals surface area contributed by atoms with E-state index in [-0.39, 0.29) is 0 Å². The minimum absolute atomic E-state index is 1.01. The molecule has 0 aliphatic heterocycles. The third kappa shape index (κ3) is 5.30. The summed E-state index contributed by atoms with van der Waals surface area (Å²) >= 11 is 15.2. The summed E-state index contributed by atoms with van der Waals surface area (Å²) < 4.78 is 0. The number of hydrogen-bond acceptors (Lipinski definition) is 0. The van der Waals surface area contributed by atoms with Crippen LogP contribution in [0.3, 0.4) is 0 Å². The van der Waals surface area contributed by atoms with E-state index in [1.807, 2.05) is 0 Å². The van der Waals surface area contributed by atoms with Gasteiger partial charge in [-0.2, -0.15) is 0 Å². The Morgan fingerprint density at radius 3 is 1.60 bits per heavy atom. The van der Waals surface area contributed by atoms with Crippen molar-refractivity contribution in [1.82, 2.24) is 0 Å². The second-order valence-electron chi connectivity index (χ2n) is 0.357. The van der Waals surface area contributed by atoms with Crippen LogP contribution in [0.4, 0.5) is 0 Å². The molecule has 0 N–H and O–H groups in total. The van der Waals surface area contributed by atoms with Crippen LogP contribution in [-0.2, 0) is 0 Å². The maximum Gasteiger partial charge on any atom is 0.106 e. The zero-order chi connectivity index (χ0) is 4.28. The van der Waals surface area contributed by atoms with E-state index in [4.69, 9.17) is 34.1 Å². The summed E-state index contributed by atoms with van der Waals surface area (Å²) in [6.45, 7) is -1.01. The Kier molecular flexibility index (Phi) is 4.40. The first-order chi connectivity index (χ1) is 2.27. The molecule has 0 aromatic rings. The van der Waals surface area contributed by atoms with Crippen LogP contribution in [0.1, 0.15) is 0 Å². The lowest BCUT2D eigenvalue weighted by molar-refractivity contribution is 2.66. The van der Waals surface area contributed by atoms with E-state index in [1.54, 1.807) is 0 Å². The molecule has 5 heavy (non-hydrogen) atoms. The summed E-state index contributed by atoms with van der Waals surface area (Å²) in [6.07, 6.45) is 0. The highest BCUT2D eigenvalue weighted by molar-refractivity contribution is 8.06. The first-order valence-electron chi connectivity index (χ1n) is 0.814. The lowest BCUT2D eigenvalue weighted by atomic mass is 11.9. The Morgan fingerprint density at radius 1 is 1.40 bits per heavy atom. The SMILES string of the molecule is Cl[CH]P(Cl)Cl. The quantitative estimate of drug-likeness (QED) is 0.504. The van der Waals surface area contributed by atoms with Crippen molar-refractivity contribution in [2.24, 2.45) is 0 Å². The smallest absolute Gasteiger partial charge is 0.106 e.